The minimum atomic E-state index is 0.550. The Hall–Kier alpha value is -1.53. The summed E-state index contributed by atoms with van der Waals surface area (Å²) in [4.78, 5) is 12.8. The van der Waals surface area contributed by atoms with E-state index in [4.69, 9.17) is 0 Å². The van der Waals surface area contributed by atoms with Gasteiger partial charge in [-0.05, 0) is 40.5 Å². The van der Waals surface area contributed by atoms with Crippen LogP contribution < -0.4 is 5.32 Å². The van der Waals surface area contributed by atoms with Crippen LogP contribution in [0.25, 0.3) is 10.2 Å². The monoisotopic (exact) mass is 320 g/mol. The molecule has 0 bridgehead atoms. The van der Waals surface area contributed by atoms with Gasteiger partial charge in [0, 0.05) is 12.4 Å². The number of fused-ring (bicyclic) bond motifs is 1. The van der Waals surface area contributed by atoms with E-state index in [1.165, 1.54) is 5.56 Å². The molecule has 0 fully saturated rings. The van der Waals surface area contributed by atoms with E-state index in [0.29, 0.717) is 5.95 Å². The molecule has 3 aromatic rings. The van der Waals surface area contributed by atoms with Crippen LogP contribution in [-0.2, 0) is 0 Å². The van der Waals surface area contributed by atoms with Crippen LogP contribution in [0.4, 0.5) is 11.1 Å². The first kappa shape index (κ1) is 11.6. The Morgan fingerprint density at radius 2 is 2.00 bits per heavy atom. The SMILES string of the molecule is Cc1ccc2nc(Nc3ncc(Br)cn3)sc2c1. The molecule has 2 aromatic heterocycles. The van der Waals surface area contributed by atoms with Crippen molar-refractivity contribution in [3.05, 3.63) is 40.6 Å². The maximum atomic E-state index is 4.49. The van der Waals surface area contributed by atoms with Gasteiger partial charge in [0.05, 0.1) is 14.7 Å². The van der Waals surface area contributed by atoms with Crippen LogP contribution >= 0.6 is 27.3 Å². The van der Waals surface area contributed by atoms with Gasteiger partial charge in [-0.15, -0.1) is 0 Å². The van der Waals surface area contributed by atoms with Crippen molar-refractivity contribution in [2.75, 3.05) is 5.32 Å². The number of hydrogen-bond acceptors (Lipinski definition) is 5. The standard InChI is InChI=1S/C12H9BrN4S/c1-7-2-3-9-10(4-7)18-12(16-9)17-11-14-5-8(13)6-15-11/h2-6H,1H3,(H,14,15,16,17). The molecule has 6 heteroatoms. The highest BCUT2D eigenvalue weighted by Crippen LogP contribution is 2.28. The molecule has 18 heavy (non-hydrogen) atoms. The molecular weight excluding hydrogens is 312 g/mol. The number of halogens is 1. The molecule has 1 N–H and O–H groups in total. The first-order valence-electron chi connectivity index (χ1n) is 5.32. The fourth-order valence-electron chi connectivity index (χ4n) is 1.56. The molecule has 0 aliphatic rings. The molecule has 0 aliphatic carbocycles. The van der Waals surface area contributed by atoms with Gasteiger partial charge < -0.3 is 5.32 Å². The molecular formula is C12H9BrN4S. The fourth-order valence-corrected chi connectivity index (χ4v) is 2.72. The van der Waals surface area contributed by atoms with Crippen molar-refractivity contribution in [3.63, 3.8) is 0 Å². The summed E-state index contributed by atoms with van der Waals surface area (Å²) in [5, 5.41) is 3.91. The molecule has 3 rings (SSSR count). The molecule has 0 aliphatic heterocycles. The summed E-state index contributed by atoms with van der Waals surface area (Å²) in [5.41, 5.74) is 2.22. The van der Waals surface area contributed by atoms with Gasteiger partial charge >= 0.3 is 0 Å². The Morgan fingerprint density at radius 3 is 2.78 bits per heavy atom. The van der Waals surface area contributed by atoms with Crippen molar-refractivity contribution < 1.29 is 0 Å². The third-order valence-corrected chi connectivity index (χ3v) is 3.73. The molecule has 2 heterocycles. The van der Waals surface area contributed by atoms with E-state index in [1.807, 2.05) is 6.07 Å². The number of nitrogens with zero attached hydrogens (tertiary/aromatic N) is 3. The lowest BCUT2D eigenvalue weighted by Crippen LogP contribution is -1.95. The average molecular weight is 321 g/mol. The summed E-state index contributed by atoms with van der Waals surface area (Å²) in [6.07, 6.45) is 3.40. The van der Waals surface area contributed by atoms with Crippen molar-refractivity contribution in [2.45, 2.75) is 6.92 Å². The van der Waals surface area contributed by atoms with E-state index in [1.54, 1.807) is 23.7 Å². The highest BCUT2D eigenvalue weighted by molar-refractivity contribution is 9.10. The summed E-state index contributed by atoms with van der Waals surface area (Å²) in [6.45, 7) is 2.07. The lowest BCUT2D eigenvalue weighted by Gasteiger charge is -1.98. The fraction of sp³-hybridized carbons (Fsp3) is 0.0833. The summed E-state index contributed by atoms with van der Waals surface area (Å²) in [7, 11) is 0. The molecule has 0 unspecified atom stereocenters. The second kappa shape index (κ2) is 4.62. The number of rotatable bonds is 2. The maximum Gasteiger partial charge on any atom is 0.228 e. The van der Waals surface area contributed by atoms with E-state index < -0.39 is 0 Å². The summed E-state index contributed by atoms with van der Waals surface area (Å²) in [5.74, 6) is 0.550. The van der Waals surface area contributed by atoms with Gasteiger partial charge in [-0.3, -0.25) is 0 Å². The van der Waals surface area contributed by atoms with Crippen LogP contribution in [0.1, 0.15) is 5.56 Å². The zero-order valence-electron chi connectivity index (χ0n) is 9.51. The van der Waals surface area contributed by atoms with E-state index in [-0.39, 0.29) is 0 Å². The highest BCUT2D eigenvalue weighted by atomic mass is 79.9. The number of nitrogens with one attached hydrogen (secondary N) is 1. The number of aromatic nitrogens is 3. The van der Waals surface area contributed by atoms with Crippen LogP contribution in [0, 0.1) is 6.92 Å². The largest absolute Gasteiger partial charge is 0.300 e. The van der Waals surface area contributed by atoms with Crippen LogP contribution in [-0.4, -0.2) is 15.0 Å². The van der Waals surface area contributed by atoms with Gasteiger partial charge in [0.2, 0.25) is 5.95 Å². The van der Waals surface area contributed by atoms with Crippen LogP contribution in [0.3, 0.4) is 0 Å². The molecule has 0 saturated heterocycles. The van der Waals surface area contributed by atoms with E-state index in [0.717, 1.165) is 19.8 Å². The third kappa shape index (κ3) is 2.34. The van der Waals surface area contributed by atoms with Crippen molar-refractivity contribution in [3.8, 4) is 0 Å². The number of aryl methyl sites for hydroxylation is 1. The Labute approximate surface area is 116 Å². The summed E-state index contributed by atoms with van der Waals surface area (Å²) < 4.78 is 2.02. The molecule has 4 nitrogen and oxygen atoms in total. The van der Waals surface area contributed by atoms with Gasteiger partial charge in [0.1, 0.15) is 0 Å². The topological polar surface area (TPSA) is 50.7 Å². The third-order valence-electron chi connectivity index (χ3n) is 2.38. The quantitative estimate of drug-likeness (QED) is 0.778. The van der Waals surface area contributed by atoms with Crippen molar-refractivity contribution in [1.29, 1.82) is 0 Å². The van der Waals surface area contributed by atoms with Crippen LogP contribution in [0.2, 0.25) is 0 Å². The smallest absolute Gasteiger partial charge is 0.228 e. The molecule has 0 amide bonds. The molecule has 0 radical (unpaired) electrons. The van der Waals surface area contributed by atoms with E-state index in [9.17, 15) is 0 Å². The normalized spacial score (nSPS) is 10.8. The second-order valence-electron chi connectivity index (χ2n) is 3.84. The summed E-state index contributed by atoms with van der Waals surface area (Å²) in [6, 6.07) is 6.21. The van der Waals surface area contributed by atoms with Crippen LogP contribution in [0.5, 0.6) is 0 Å². The average Bonchev–Trinajstić information content (AvgIpc) is 2.73. The summed E-state index contributed by atoms with van der Waals surface area (Å²) >= 11 is 4.90. The highest BCUT2D eigenvalue weighted by Gasteiger charge is 2.05. The maximum absolute atomic E-state index is 4.49. The predicted octanol–water partition coefficient (Wildman–Crippen LogP) is 3.90. The second-order valence-corrected chi connectivity index (χ2v) is 5.79. The van der Waals surface area contributed by atoms with Crippen molar-refractivity contribution >= 4 is 48.6 Å². The number of anilines is 2. The molecule has 0 atom stereocenters. The number of benzene rings is 1. The minimum Gasteiger partial charge on any atom is -0.300 e. The van der Waals surface area contributed by atoms with E-state index in [2.05, 4.69) is 55.3 Å². The Morgan fingerprint density at radius 1 is 1.22 bits per heavy atom. The molecule has 90 valence electrons. The van der Waals surface area contributed by atoms with Gasteiger partial charge in [-0.1, -0.05) is 17.4 Å². The predicted molar refractivity (Wildman–Crippen MR) is 77.4 cm³/mol. The van der Waals surface area contributed by atoms with Gasteiger partial charge in [-0.2, -0.15) is 0 Å². The van der Waals surface area contributed by atoms with Crippen molar-refractivity contribution in [2.24, 2.45) is 0 Å². The van der Waals surface area contributed by atoms with E-state index >= 15 is 0 Å². The first-order chi connectivity index (χ1) is 8.70. The van der Waals surface area contributed by atoms with Gasteiger partial charge in [0.25, 0.3) is 0 Å². The Balaban J connectivity index is 1.92. The van der Waals surface area contributed by atoms with Gasteiger partial charge in [-0.25, -0.2) is 15.0 Å². The number of thiazole rings is 1. The first-order valence-corrected chi connectivity index (χ1v) is 6.93. The molecule has 1 aromatic carbocycles. The minimum absolute atomic E-state index is 0.550. The van der Waals surface area contributed by atoms with Crippen molar-refractivity contribution in [1.82, 2.24) is 15.0 Å². The zero-order valence-corrected chi connectivity index (χ0v) is 11.9. The lowest BCUT2D eigenvalue weighted by atomic mass is 10.2. The van der Waals surface area contributed by atoms with Crippen LogP contribution in [0.15, 0.2) is 35.1 Å². The molecule has 0 saturated carbocycles. The Kier molecular flexibility index (Phi) is 2.97. The Bertz CT molecular complexity index is 693. The lowest BCUT2D eigenvalue weighted by molar-refractivity contribution is 1.15. The number of hydrogen-bond donors (Lipinski definition) is 1. The zero-order chi connectivity index (χ0) is 12.5. The van der Waals surface area contributed by atoms with Gasteiger partial charge in [0.15, 0.2) is 5.13 Å². The molecule has 0 spiro atoms.